The SMILES string of the molecule is CC1Nc2ccc(CO)cc2OC1=O. The van der Waals surface area contributed by atoms with E-state index in [0.717, 1.165) is 11.3 Å². The maximum absolute atomic E-state index is 11.2. The third kappa shape index (κ3) is 1.44. The van der Waals surface area contributed by atoms with Crippen molar-refractivity contribution in [3.8, 4) is 5.75 Å². The topological polar surface area (TPSA) is 58.6 Å². The van der Waals surface area contributed by atoms with E-state index in [0.29, 0.717) is 5.75 Å². The maximum Gasteiger partial charge on any atom is 0.333 e. The van der Waals surface area contributed by atoms with Gasteiger partial charge in [-0.15, -0.1) is 0 Å². The van der Waals surface area contributed by atoms with Gasteiger partial charge in [0.25, 0.3) is 0 Å². The number of ether oxygens (including phenoxy) is 1. The molecule has 2 rings (SSSR count). The van der Waals surface area contributed by atoms with Gasteiger partial charge in [-0.25, -0.2) is 4.79 Å². The van der Waals surface area contributed by atoms with Crippen LogP contribution in [0, 0.1) is 0 Å². The minimum Gasteiger partial charge on any atom is -0.423 e. The van der Waals surface area contributed by atoms with Crippen molar-refractivity contribution in [2.75, 3.05) is 5.32 Å². The molecular weight excluding hydrogens is 182 g/mol. The highest BCUT2D eigenvalue weighted by molar-refractivity contribution is 5.86. The number of carbonyl (C=O) groups excluding carboxylic acids is 1. The summed E-state index contributed by atoms with van der Waals surface area (Å²) >= 11 is 0. The summed E-state index contributed by atoms with van der Waals surface area (Å²) in [6.45, 7) is 1.69. The van der Waals surface area contributed by atoms with E-state index >= 15 is 0 Å². The number of aliphatic hydroxyl groups is 1. The Hall–Kier alpha value is -1.55. The van der Waals surface area contributed by atoms with E-state index in [1.807, 2.05) is 0 Å². The molecule has 0 bridgehead atoms. The van der Waals surface area contributed by atoms with E-state index in [9.17, 15) is 4.79 Å². The van der Waals surface area contributed by atoms with Crippen LogP contribution >= 0.6 is 0 Å². The van der Waals surface area contributed by atoms with Gasteiger partial charge in [-0.3, -0.25) is 0 Å². The lowest BCUT2D eigenvalue weighted by atomic mass is 10.1. The number of hydrogen-bond donors (Lipinski definition) is 2. The lowest BCUT2D eigenvalue weighted by Gasteiger charge is -2.22. The van der Waals surface area contributed by atoms with E-state index < -0.39 is 0 Å². The lowest BCUT2D eigenvalue weighted by molar-refractivity contribution is -0.135. The number of benzene rings is 1. The fourth-order valence-corrected chi connectivity index (χ4v) is 1.36. The predicted molar refractivity (Wildman–Crippen MR) is 51.1 cm³/mol. The average molecular weight is 193 g/mol. The number of carbonyl (C=O) groups is 1. The van der Waals surface area contributed by atoms with Crippen molar-refractivity contribution in [3.05, 3.63) is 23.8 Å². The minimum absolute atomic E-state index is 0.0552. The second-order valence-electron chi connectivity index (χ2n) is 3.28. The van der Waals surface area contributed by atoms with E-state index in [2.05, 4.69) is 5.32 Å². The second kappa shape index (κ2) is 3.31. The predicted octanol–water partition coefficient (Wildman–Crippen LogP) is 0.898. The van der Waals surface area contributed by atoms with Crippen molar-refractivity contribution in [1.82, 2.24) is 0 Å². The summed E-state index contributed by atoms with van der Waals surface area (Å²) in [5.41, 5.74) is 1.52. The van der Waals surface area contributed by atoms with Gasteiger partial charge in [0, 0.05) is 0 Å². The Bertz CT molecular complexity index is 376. The van der Waals surface area contributed by atoms with Gasteiger partial charge in [0.2, 0.25) is 0 Å². The summed E-state index contributed by atoms with van der Waals surface area (Å²) in [6, 6.07) is 4.93. The number of hydrogen-bond acceptors (Lipinski definition) is 4. The molecule has 4 heteroatoms. The summed E-state index contributed by atoms with van der Waals surface area (Å²) in [5.74, 6) is 0.187. The third-order valence-corrected chi connectivity index (χ3v) is 2.16. The monoisotopic (exact) mass is 193 g/mol. The zero-order valence-corrected chi connectivity index (χ0v) is 7.78. The van der Waals surface area contributed by atoms with Gasteiger partial charge in [-0.05, 0) is 24.6 Å². The minimum atomic E-state index is -0.317. The molecule has 0 fully saturated rings. The van der Waals surface area contributed by atoms with Crippen molar-refractivity contribution >= 4 is 11.7 Å². The first kappa shape index (κ1) is 9.02. The Morgan fingerprint density at radius 2 is 2.36 bits per heavy atom. The molecular formula is C10H11NO3. The number of nitrogens with one attached hydrogen (secondary N) is 1. The molecule has 0 aromatic heterocycles. The van der Waals surface area contributed by atoms with Crippen LogP contribution in [-0.4, -0.2) is 17.1 Å². The van der Waals surface area contributed by atoms with E-state index in [4.69, 9.17) is 9.84 Å². The lowest BCUT2D eigenvalue weighted by Crippen LogP contribution is -2.34. The number of esters is 1. The fourth-order valence-electron chi connectivity index (χ4n) is 1.36. The van der Waals surface area contributed by atoms with Gasteiger partial charge in [0.15, 0.2) is 5.75 Å². The summed E-state index contributed by atoms with van der Waals surface area (Å²) in [6.07, 6.45) is 0. The van der Waals surface area contributed by atoms with Crippen LogP contribution in [0.15, 0.2) is 18.2 Å². The van der Waals surface area contributed by atoms with Crippen molar-refractivity contribution in [2.24, 2.45) is 0 Å². The molecule has 0 spiro atoms. The highest BCUT2D eigenvalue weighted by atomic mass is 16.5. The fraction of sp³-hybridized carbons (Fsp3) is 0.300. The first-order chi connectivity index (χ1) is 6.70. The van der Waals surface area contributed by atoms with Gasteiger partial charge >= 0.3 is 5.97 Å². The Morgan fingerprint density at radius 3 is 3.07 bits per heavy atom. The molecule has 14 heavy (non-hydrogen) atoms. The third-order valence-electron chi connectivity index (χ3n) is 2.16. The zero-order chi connectivity index (χ0) is 10.1. The summed E-state index contributed by atoms with van der Waals surface area (Å²) < 4.78 is 5.07. The van der Waals surface area contributed by atoms with Gasteiger partial charge in [-0.1, -0.05) is 6.07 Å². The van der Waals surface area contributed by atoms with Gasteiger partial charge in [-0.2, -0.15) is 0 Å². The van der Waals surface area contributed by atoms with Crippen LogP contribution in [-0.2, 0) is 11.4 Å². The second-order valence-corrected chi connectivity index (χ2v) is 3.28. The van der Waals surface area contributed by atoms with Gasteiger partial charge < -0.3 is 15.2 Å². The molecule has 1 heterocycles. The molecule has 0 amide bonds. The van der Waals surface area contributed by atoms with Crippen LogP contribution in [0.4, 0.5) is 5.69 Å². The Balaban J connectivity index is 2.37. The summed E-state index contributed by atoms with van der Waals surface area (Å²) in [5, 5.41) is 11.9. The van der Waals surface area contributed by atoms with Crippen LogP contribution in [0.3, 0.4) is 0 Å². The average Bonchev–Trinajstić information content (AvgIpc) is 2.19. The first-order valence-corrected chi connectivity index (χ1v) is 4.42. The Morgan fingerprint density at radius 1 is 1.57 bits per heavy atom. The van der Waals surface area contributed by atoms with E-state index in [-0.39, 0.29) is 18.6 Å². The molecule has 2 N–H and O–H groups in total. The van der Waals surface area contributed by atoms with Crippen LogP contribution in [0.5, 0.6) is 5.75 Å². The van der Waals surface area contributed by atoms with Crippen LogP contribution in [0.25, 0.3) is 0 Å². The number of aliphatic hydroxyl groups excluding tert-OH is 1. The van der Waals surface area contributed by atoms with Crippen molar-refractivity contribution in [1.29, 1.82) is 0 Å². The van der Waals surface area contributed by atoms with E-state index in [1.54, 1.807) is 25.1 Å². The standard InChI is InChI=1S/C10H11NO3/c1-6-10(13)14-9-4-7(5-12)2-3-8(9)11-6/h2-4,6,11-12H,5H2,1H3. The molecule has 0 radical (unpaired) electrons. The van der Waals surface area contributed by atoms with Crippen molar-refractivity contribution in [2.45, 2.75) is 19.6 Å². The molecule has 0 aliphatic carbocycles. The van der Waals surface area contributed by atoms with Gasteiger partial charge in [0.1, 0.15) is 6.04 Å². The molecule has 1 aliphatic rings. The molecule has 74 valence electrons. The summed E-state index contributed by atoms with van der Waals surface area (Å²) in [4.78, 5) is 11.2. The zero-order valence-electron chi connectivity index (χ0n) is 7.78. The molecule has 1 aliphatic heterocycles. The molecule has 1 unspecified atom stereocenters. The highest BCUT2D eigenvalue weighted by Gasteiger charge is 2.23. The normalized spacial score (nSPS) is 19.6. The number of anilines is 1. The largest absolute Gasteiger partial charge is 0.423 e. The molecule has 1 aromatic rings. The molecule has 1 atom stereocenters. The smallest absolute Gasteiger partial charge is 0.333 e. The number of fused-ring (bicyclic) bond motifs is 1. The Kier molecular flexibility index (Phi) is 2.13. The van der Waals surface area contributed by atoms with E-state index in [1.165, 1.54) is 0 Å². The molecule has 1 aromatic carbocycles. The van der Waals surface area contributed by atoms with Gasteiger partial charge in [0.05, 0.1) is 12.3 Å². The Labute approximate surface area is 81.5 Å². The van der Waals surface area contributed by atoms with Crippen LogP contribution < -0.4 is 10.1 Å². The van der Waals surface area contributed by atoms with Crippen molar-refractivity contribution < 1.29 is 14.6 Å². The molecule has 0 saturated heterocycles. The van der Waals surface area contributed by atoms with Crippen LogP contribution in [0.1, 0.15) is 12.5 Å². The summed E-state index contributed by atoms with van der Waals surface area (Å²) in [7, 11) is 0. The number of rotatable bonds is 1. The quantitative estimate of drug-likeness (QED) is 0.514. The molecule has 4 nitrogen and oxygen atoms in total. The maximum atomic E-state index is 11.2. The first-order valence-electron chi connectivity index (χ1n) is 4.42. The molecule has 0 saturated carbocycles. The van der Waals surface area contributed by atoms with Crippen molar-refractivity contribution in [3.63, 3.8) is 0 Å². The highest BCUT2D eigenvalue weighted by Crippen LogP contribution is 2.30. The van der Waals surface area contributed by atoms with Crippen LogP contribution in [0.2, 0.25) is 0 Å².